The van der Waals surface area contributed by atoms with E-state index in [1.165, 1.54) is 31.5 Å². The molecule has 0 N–H and O–H groups in total. The Labute approximate surface area is 198 Å². The number of ether oxygens (including phenoxy) is 2. The van der Waals surface area contributed by atoms with Gasteiger partial charge in [0.15, 0.2) is 11.5 Å². The van der Waals surface area contributed by atoms with Crippen LogP contribution in [0.3, 0.4) is 0 Å². The molecule has 0 amide bonds. The van der Waals surface area contributed by atoms with Gasteiger partial charge in [0.2, 0.25) is 0 Å². The van der Waals surface area contributed by atoms with E-state index in [1.807, 2.05) is 30.3 Å². The van der Waals surface area contributed by atoms with E-state index >= 15 is 0 Å². The van der Waals surface area contributed by atoms with Crippen LogP contribution in [0.5, 0.6) is 11.5 Å². The average Bonchev–Trinajstić information content (AvgIpc) is 3.32. The lowest BCUT2D eigenvalue weighted by Gasteiger charge is -2.21. The van der Waals surface area contributed by atoms with Gasteiger partial charge < -0.3 is 9.47 Å². The van der Waals surface area contributed by atoms with E-state index < -0.39 is 0 Å². The lowest BCUT2D eigenvalue weighted by molar-refractivity contribution is 0.270. The van der Waals surface area contributed by atoms with E-state index in [2.05, 4.69) is 40.1 Å². The summed E-state index contributed by atoms with van der Waals surface area (Å²) in [4.78, 5) is 9.57. The Morgan fingerprint density at radius 1 is 1.03 bits per heavy atom. The maximum absolute atomic E-state index is 5.99. The van der Waals surface area contributed by atoms with Crippen molar-refractivity contribution in [2.45, 2.75) is 39.3 Å². The van der Waals surface area contributed by atoms with Crippen LogP contribution in [0.1, 0.15) is 37.3 Å². The summed E-state index contributed by atoms with van der Waals surface area (Å²) in [6, 6.07) is 13.9. The van der Waals surface area contributed by atoms with Crippen LogP contribution in [0.15, 0.2) is 47.5 Å². The fourth-order valence-electron chi connectivity index (χ4n) is 3.94. The molecular weight excluding hydrogens is 422 g/mol. The average molecular weight is 458 g/mol. The molecule has 1 heterocycles. The van der Waals surface area contributed by atoms with Crippen LogP contribution in [-0.4, -0.2) is 62.4 Å². The summed E-state index contributed by atoms with van der Waals surface area (Å²) in [7, 11) is 1.69. The molecule has 6 heteroatoms. The minimum atomic E-state index is 0.476. The fraction of sp³-hybridized carbons (Fsp3) is 0.500. The molecule has 2 aromatic rings. The number of nitrogens with zero attached hydrogens (tertiary/aromatic N) is 3. The predicted octanol–water partition coefficient (Wildman–Crippen LogP) is 5.31. The molecule has 0 unspecified atom stereocenters. The zero-order chi connectivity index (χ0) is 22.6. The second-order valence-electron chi connectivity index (χ2n) is 8.27. The molecule has 0 bridgehead atoms. The molecule has 174 valence electrons. The summed E-state index contributed by atoms with van der Waals surface area (Å²) < 4.78 is 11.6. The molecule has 2 aromatic carbocycles. The number of aliphatic imine (C=N–C) groups is 1. The van der Waals surface area contributed by atoms with Crippen LogP contribution in [0.4, 0.5) is 0 Å². The highest BCUT2D eigenvalue weighted by Crippen LogP contribution is 2.29. The monoisotopic (exact) mass is 457 g/mol. The third-order valence-electron chi connectivity index (χ3n) is 5.69. The molecule has 3 rings (SSSR count). The zero-order valence-electron chi connectivity index (χ0n) is 19.4. The van der Waals surface area contributed by atoms with Crippen LogP contribution < -0.4 is 9.47 Å². The molecule has 0 radical (unpaired) electrons. The third kappa shape index (κ3) is 8.12. The Morgan fingerprint density at radius 2 is 1.78 bits per heavy atom. The number of likely N-dealkylation sites (tertiary alicyclic amines) is 1. The Hall–Kier alpha value is -2.08. The summed E-state index contributed by atoms with van der Waals surface area (Å²) in [5.74, 6) is 1.51. The Bertz CT molecular complexity index is 835. The minimum absolute atomic E-state index is 0.476. The maximum Gasteiger partial charge on any atom is 0.161 e. The number of halogens is 1. The van der Waals surface area contributed by atoms with Crippen molar-refractivity contribution in [3.05, 3.63) is 58.6 Å². The number of hydrogen-bond acceptors (Lipinski definition) is 5. The van der Waals surface area contributed by atoms with Crippen molar-refractivity contribution in [3.8, 4) is 11.5 Å². The quantitative estimate of drug-likeness (QED) is 0.382. The summed E-state index contributed by atoms with van der Waals surface area (Å²) >= 11 is 5.96. The lowest BCUT2D eigenvalue weighted by atomic mass is 10.1. The summed E-state index contributed by atoms with van der Waals surface area (Å²) in [6.45, 7) is 9.85. The Balaban J connectivity index is 1.51. The van der Waals surface area contributed by atoms with Gasteiger partial charge in [0.25, 0.3) is 0 Å². The van der Waals surface area contributed by atoms with Gasteiger partial charge in [-0.1, -0.05) is 36.7 Å². The normalized spacial score (nSPS) is 14.5. The highest BCUT2D eigenvalue weighted by atomic mass is 35.5. The van der Waals surface area contributed by atoms with E-state index in [0.29, 0.717) is 6.61 Å². The van der Waals surface area contributed by atoms with Gasteiger partial charge in [-0.2, -0.15) is 0 Å². The molecule has 32 heavy (non-hydrogen) atoms. The number of benzene rings is 2. The number of rotatable bonds is 13. The van der Waals surface area contributed by atoms with Crippen LogP contribution in [0.2, 0.25) is 5.02 Å². The van der Waals surface area contributed by atoms with Crippen molar-refractivity contribution in [1.29, 1.82) is 0 Å². The fourth-order valence-corrected chi connectivity index (χ4v) is 4.07. The van der Waals surface area contributed by atoms with Gasteiger partial charge in [-0.15, -0.1) is 0 Å². The van der Waals surface area contributed by atoms with Crippen molar-refractivity contribution < 1.29 is 9.47 Å². The van der Waals surface area contributed by atoms with Crippen LogP contribution in [-0.2, 0) is 13.2 Å². The van der Waals surface area contributed by atoms with Crippen LogP contribution in [0.25, 0.3) is 0 Å². The molecule has 0 aromatic heterocycles. The smallest absolute Gasteiger partial charge is 0.161 e. The van der Waals surface area contributed by atoms with Crippen molar-refractivity contribution >= 4 is 17.8 Å². The van der Waals surface area contributed by atoms with E-state index in [9.17, 15) is 0 Å². The zero-order valence-corrected chi connectivity index (χ0v) is 20.2. The molecule has 5 nitrogen and oxygen atoms in total. The van der Waals surface area contributed by atoms with E-state index in [4.69, 9.17) is 21.1 Å². The molecular formula is C26H36ClN3O2. The van der Waals surface area contributed by atoms with Crippen molar-refractivity contribution in [1.82, 2.24) is 9.80 Å². The molecule has 0 atom stereocenters. The standard InChI is InChI=1S/C26H36ClN3O2/c1-3-14-30(18-13-28-12-17-29-15-4-5-16-29)20-23-8-11-25(26(19-23)31-2)32-21-22-6-9-24(27)10-7-22/h6-12,19H,3-5,13-18,20-21H2,1-2H3. The van der Waals surface area contributed by atoms with Crippen LogP contribution >= 0.6 is 11.6 Å². The van der Waals surface area contributed by atoms with Crippen molar-refractivity contribution in [2.24, 2.45) is 4.99 Å². The van der Waals surface area contributed by atoms with Crippen molar-refractivity contribution in [2.75, 3.05) is 46.4 Å². The van der Waals surface area contributed by atoms with Crippen LogP contribution in [0, 0.1) is 0 Å². The molecule has 1 aliphatic rings. The SMILES string of the molecule is CCCN(CCN=CCN1CCCC1)Cc1ccc(OCc2ccc(Cl)cc2)c(OC)c1. The first-order valence-corrected chi connectivity index (χ1v) is 12.0. The first-order chi connectivity index (χ1) is 15.7. The summed E-state index contributed by atoms with van der Waals surface area (Å²) in [6.07, 6.45) is 5.86. The number of methoxy groups -OCH3 is 1. The van der Waals surface area contributed by atoms with Crippen molar-refractivity contribution in [3.63, 3.8) is 0 Å². The molecule has 0 saturated carbocycles. The second kappa shape index (κ2) is 13.5. The number of hydrogen-bond donors (Lipinski definition) is 0. The van der Waals surface area contributed by atoms with Gasteiger partial charge in [-0.3, -0.25) is 14.8 Å². The summed E-state index contributed by atoms with van der Waals surface area (Å²) in [5, 5.41) is 0.726. The molecule has 1 fully saturated rings. The topological polar surface area (TPSA) is 37.3 Å². The first kappa shape index (κ1) is 24.6. The van der Waals surface area contributed by atoms with Gasteiger partial charge in [0, 0.05) is 30.9 Å². The lowest BCUT2D eigenvalue weighted by Crippen LogP contribution is -2.27. The molecule has 1 aliphatic heterocycles. The molecule has 1 saturated heterocycles. The highest BCUT2D eigenvalue weighted by Gasteiger charge is 2.11. The molecule has 0 spiro atoms. The molecule has 0 aliphatic carbocycles. The van der Waals surface area contributed by atoms with Gasteiger partial charge in [-0.05, 0) is 74.3 Å². The van der Waals surface area contributed by atoms with E-state index in [-0.39, 0.29) is 0 Å². The second-order valence-corrected chi connectivity index (χ2v) is 8.71. The largest absolute Gasteiger partial charge is 0.493 e. The third-order valence-corrected chi connectivity index (χ3v) is 5.95. The highest BCUT2D eigenvalue weighted by molar-refractivity contribution is 6.30. The van der Waals surface area contributed by atoms with E-state index in [1.54, 1.807) is 7.11 Å². The van der Waals surface area contributed by atoms with Gasteiger partial charge >= 0.3 is 0 Å². The van der Waals surface area contributed by atoms with Gasteiger partial charge in [0.1, 0.15) is 6.61 Å². The Kier molecular flexibility index (Phi) is 10.3. The van der Waals surface area contributed by atoms with E-state index in [0.717, 1.165) is 61.2 Å². The van der Waals surface area contributed by atoms with Gasteiger partial charge in [-0.25, -0.2) is 0 Å². The Morgan fingerprint density at radius 3 is 2.50 bits per heavy atom. The summed E-state index contributed by atoms with van der Waals surface area (Å²) in [5.41, 5.74) is 2.29. The maximum atomic E-state index is 5.99. The minimum Gasteiger partial charge on any atom is -0.493 e. The predicted molar refractivity (Wildman–Crippen MR) is 133 cm³/mol. The first-order valence-electron chi connectivity index (χ1n) is 11.6. The van der Waals surface area contributed by atoms with Gasteiger partial charge in [0.05, 0.1) is 13.7 Å².